The first-order chi connectivity index (χ1) is 14.9. The molecular formula is C24H22Cl2FN3O. The van der Waals surface area contributed by atoms with Crippen molar-refractivity contribution >= 4 is 23.2 Å². The maximum absolute atomic E-state index is 13.2. The molecule has 4 heterocycles. The van der Waals surface area contributed by atoms with Crippen LogP contribution in [0.25, 0.3) is 0 Å². The number of benzene rings is 1. The van der Waals surface area contributed by atoms with Gasteiger partial charge in [0.1, 0.15) is 17.5 Å². The lowest BCUT2D eigenvalue weighted by molar-refractivity contribution is -0.103. The van der Waals surface area contributed by atoms with E-state index in [0.717, 1.165) is 48.4 Å². The van der Waals surface area contributed by atoms with Crippen molar-refractivity contribution < 1.29 is 9.13 Å². The Hall–Kier alpha value is -2.05. The summed E-state index contributed by atoms with van der Waals surface area (Å²) in [6.45, 7) is 3.77. The highest BCUT2D eigenvalue weighted by Crippen LogP contribution is 2.51. The van der Waals surface area contributed by atoms with Crippen molar-refractivity contribution in [2.45, 2.75) is 37.5 Å². The first-order valence-corrected chi connectivity index (χ1v) is 11.2. The smallest absolute Gasteiger partial charge is 0.141 e. The molecule has 2 unspecified atom stereocenters. The molecule has 2 aromatic heterocycles. The molecule has 0 radical (unpaired) electrons. The fourth-order valence-corrected chi connectivity index (χ4v) is 5.32. The number of aromatic nitrogens is 2. The molecule has 7 heteroatoms. The number of likely N-dealkylation sites (tertiary alicyclic amines) is 1. The maximum Gasteiger partial charge on any atom is 0.141 e. The zero-order chi connectivity index (χ0) is 21.6. The molecule has 2 aliphatic heterocycles. The predicted octanol–water partition coefficient (Wildman–Crippen LogP) is 6.09. The molecule has 1 aromatic carbocycles. The molecule has 2 atom stereocenters. The molecule has 0 saturated carbocycles. The summed E-state index contributed by atoms with van der Waals surface area (Å²) < 4.78 is 20.0. The van der Waals surface area contributed by atoms with Crippen molar-refractivity contribution in [1.82, 2.24) is 14.9 Å². The molecule has 2 aliphatic rings. The van der Waals surface area contributed by atoms with Crippen molar-refractivity contribution in [3.05, 3.63) is 93.2 Å². The van der Waals surface area contributed by atoms with Gasteiger partial charge in [0.25, 0.3) is 0 Å². The highest BCUT2D eigenvalue weighted by molar-refractivity contribution is 6.34. The average molecular weight is 458 g/mol. The van der Waals surface area contributed by atoms with Crippen LogP contribution in [0.3, 0.4) is 0 Å². The fraction of sp³-hybridized carbons (Fsp3) is 0.333. The van der Waals surface area contributed by atoms with Crippen LogP contribution in [0.4, 0.5) is 4.39 Å². The Bertz CT molecular complexity index is 1080. The molecule has 1 fully saturated rings. The fourth-order valence-electron chi connectivity index (χ4n) is 4.78. The summed E-state index contributed by atoms with van der Waals surface area (Å²) in [6, 6.07) is 12.9. The Morgan fingerprint density at radius 1 is 1.10 bits per heavy atom. The lowest BCUT2D eigenvalue weighted by Crippen LogP contribution is -2.44. The van der Waals surface area contributed by atoms with Gasteiger partial charge in [-0.2, -0.15) is 0 Å². The number of hydrogen-bond donors (Lipinski definition) is 0. The van der Waals surface area contributed by atoms with E-state index in [4.69, 9.17) is 32.9 Å². The van der Waals surface area contributed by atoms with E-state index < -0.39 is 5.60 Å². The number of hydrogen-bond acceptors (Lipinski definition) is 4. The Labute approximate surface area is 191 Å². The highest BCUT2D eigenvalue weighted by atomic mass is 35.5. The largest absolute Gasteiger partial charge is 0.356 e. The third-order valence-electron chi connectivity index (χ3n) is 6.42. The Morgan fingerprint density at radius 3 is 2.52 bits per heavy atom. The Morgan fingerprint density at radius 2 is 1.84 bits per heavy atom. The molecule has 5 rings (SSSR count). The van der Waals surface area contributed by atoms with Crippen molar-refractivity contribution in [3.8, 4) is 0 Å². The molecule has 0 aliphatic carbocycles. The molecule has 0 amide bonds. The first kappa shape index (κ1) is 20.8. The van der Waals surface area contributed by atoms with Gasteiger partial charge in [0, 0.05) is 40.9 Å². The minimum absolute atomic E-state index is 0.102. The van der Waals surface area contributed by atoms with Gasteiger partial charge in [-0.3, -0.25) is 14.9 Å². The van der Waals surface area contributed by atoms with E-state index in [2.05, 4.69) is 22.9 Å². The summed E-state index contributed by atoms with van der Waals surface area (Å²) in [4.78, 5) is 11.4. The maximum atomic E-state index is 13.2. The molecule has 160 valence electrons. The van der Waals surface area contributed by atoms with E-state index in [1.165, 1.54) is 12.3 Å². The standard InChI is InChI=1S/C24H22Cl2FN3O/c1-15(21-5-4-19(27)14-29-21)30-9-6-24(7-10-30)23-20(3-2-8-28-23)22(31-24)16-11-17(25)13-18(26)12-16/h2-5,8,11-15,22H,6-7,9-10H2,1H3. The predicted molar refractivity (Wildman–Crippen MR) is 119 cm³/mol. The second-order valence-corrected chi connectivity index (χ2v) is 9.12. The van der Waals surface area contributed by atoms with Gasteiger partial charge in [-0.05, 0) is 61.7 Å². The lowest BCUT2D eigenvalue weighted by atomic mass is 9.86. The van der Waals surface area contributed by atoms with Gasteiger partial charge in [-0.25, -0.2) is 4.39 Å². The molecule has 1 saturated heterocycles. The second kappa shape index (κ2) is 8.14. The SMILES string of the molecule is CC(c1ccc(F)cn1)N1CCC2(CC1)OC(c1cc(Cl)cc(Cl)c1)c1cccnc12. The number of ether oxygens (including phenoxy) is 1. The van der Waals surface area contributed by atoms with Gasteiger partial charge in [-0.1, -0.05) is 29.3 Å². The van der Waals surface area contributed by atoms with Crippen LogP contribution >= 0.6 is 23.2 Å². The normalized spacial score (nSPS) is 21.2. The summed E-state index contributed by atoms with van der Waals surface area (Å²) in [6.07, 6.45) is 4.48. The molecule has 0 bridgehead atoms. The minimum atomic E-state index is -0.442. The van der Waals surface area contributed by atoms with Gasteiger partial charge in [0.15, 0.2) is 0 Å². The Kier molecular flexibility index (Phi) is 5.47. The van der Waals surface area contributed by atoms with Crippen LogP contribution in [0.5, 0.6) is 0 Å². The van der Waals surface area contributed by atoms with Crippen LogP contribution in [-0.2, 0) is 10.3 Å². The van der Waals surface area contributed by atoms with E-state index >= 15 is 0 Å². The molecular weight excluding hydrogens is 436 g/mol. The van der Waals surface area contributed by atoms with Gasteiger partial charge < -0.3 is 4.74 Å². The van der Waals surface area contributed by atoms with Gasteiger partial charge in [0.05, 0.1) is 17.6 Å². The lowest BCUT2D eigenvalue weighted by Gasteiger charge is -2.41. The highest BCUT2D eigenvalue weighted by Gasteiger charge is 2.48. The first-order valence-electron chi connectivity index (χ1n) is 10.4. The quantitative estimate of drug-likeness (QED) is 0.476. The van der Waals surface area contributed by atoms with Crippen LogP contribution in [0.1, 0.15) is 54.4 Å². The number of piperidine rings is 1. The average Bonchev–Trinajstić information content (AvgIpc) is 3.08. The van der Waals surface area contributed by atoms with Crippen LogP contribution in [0, 0.1) is 5.82 Å². The van der Waals surface area contributed by atoms with Crippen LogP contribution < -0.4 is 0 Å². The zero-order valence-electron chi connectivity index (χ0n) is 17.1. The Balaban J connectivity index is 1.40. The van der Waals surface area contributed by atoms with Crippen molar-refractivity contribution in [1.29, 1.82) is 0 Å². The van der Waals surface area contributed by atoms with Gasteiger partial charge in [0.2, 0.25) is 0 Å². The summed E-state index contributed by atoms with van der Waals surface area (Å²) in [7, 11) is 0. The van der Waals surface area contributed by atoms with Crippen molar-refractivity contribution in [2.75, 3.05) is 13.1 Å². The monoisotopic (exact) mass is 457 g/mol. The van der Waals surface area contributed by atoms with E-state index in [-0.39, 0.29) is 18.0 Å². The second-order valence-electron chi connectivity index (χ2n) is 8.25. The molecule has 3 aromatic rings. The van der Waals surface area contributed by atoms with Crippen LogP contribution in [0.15, 0.2) is 54.9 Å². The number of nitrogens with zero attached hydrogens (tertiary/aromatic N) is 3. The number of halogens is 3. The van der Waals surface area contributed by atoms with Crippen LogP contribution in [0.2, 0.25) is 10.0 Å². The topological polar surface area (TPSA) is 38.2 Å². The summed E-state index contributed by atoms with van der Waals surface area (Å²) in [5, 5.41) is 1.18. The van der Waals surface area contributed by atoms with Gasteiger partial charge >= 0.3 is 0 Å². The summed E-state index contributed by atoms with van der Waals surface area (Å²) >= 11 is 12.5. The van der Waals surface area contributed by atoms with E-state index in [1.807, 2.05) is 24.4 Å². The van der Waals surface area contributed by atoms with Crippen molar-refractivity contribution in [3.63, 3.8) is 0 Å². The molecule has 31 heavy (non-hydrogen) atoms. The van der Waals surface area contributed by atoms with E-state index in [1.54, 1.807) is 12.1 Å². The number of fused-ring (bicyclic) bond motifs is 2. The number of rotatable bonds is 3. The molecule has 1 spiro atoms. The summed E-state index contributed by atoms with van der Waals surface area (Å²) in [5.41, 5.74) is 3.44. The van der Waals surface area contributed by atoms with Crippen molar-refractivity contribution in [2.24, 2.45) is 0 Å². The zero-order valence-corrected chi connectivity index (χ0v) is 18.6. The third-order valence-corrected chi connectivity index (χ3v) is 6.85. The van der Waals surface area contributed by atoms with E-state index in [0.29, 0.717) is 10.0 Å². The van der Waals surface area contributed by atoms with Gasteiger partial charge in [-0.15, -0.1) is 0 Å². The number of pyridine rings is 2. The van der Waals surface area contributed by atoms with Crippen LogP contribution in [-0.4, -0.2) is 28.0 Å². The third kappa shape index (κ3) is 3.85. The molecule has 0 N–H and O–H groups in total. The minimum Gasteiger partial charge on any atom is -0.356 e. The van der Waals surface area contributed by atoms with E-state index in [9.17, 15) is 4.39 Å². The summed E-state index contributed by atoms with van der Waals surface area (Å²) in [5.74, 6) is -0.317. The molecule has 4 nitrogen and oxygen atoms in total.